The third kappa shape index (κ3) is 4.80. The number of nitrogen functional groups attached to an aromatic ring is 1. The summed E-state index contributed by atoms with van der Waals surface area (Å²) in [4.78, 5) is 17.5. The fourth-order valence-corrected chi connectivity index (χ4v) is 4.64. The number of nitrogens with zero attached hydrogens (tertiary/aromatic N) is 2. The van der Waals surface area contributed by atoms with E-state index < -0.39 is 0 Å². The first-order valence-corrected chi connectivity index (χ1v) is 10.6. The molecule has 2 N–H and O–H groups in total. The van der Waals surface area contributed by atoms with Crippen LogP contribution in [0.15, 0.2) is 54.6 Å². The summed E-state index contributed by atoms with van der Waals surface area (Å²) in [5.41, 5.74) is 8.55. The molecule has 2 aliphatic rings. The fraction of sp³-hybridized carbons (Fsp3) is 0.458. The summed E-state index contributed by atoms with van der Waals surface area (Å²) in [6, 6.07) is 17.7. The zero-order valence-electron chi connectivity index (χ0n) is 17.2. The summed E-state index contributed by atoms with van der Waals surface area (Å²) in [5, 5.41) is 0. The maximum Gasteiger partial charge on any atom is 0.254 e. The highest BCUT2D eigenvalue weighted by Gasteiger charge is 2.43. The van der Waals surface area contributed by atoms with Crippen molar-refractivity contribution in [3.8, 4) is 0 Å². The number of hydrogen-bond donors (Lipinski definition) is 1. The summed E-state index contributed by atoms with van der Waals surface area (Å²) >= 11 is 0. The number of piperidine rings is 1. The van der Waals surface area contributed by atoms with Crippen molar-refractivity contribution in [1.29, 1.82) is 0 Å². The Hall–Kier alpha value is -2.37. The van der Waals surface area contributed by atoms with Crippen LogP contribution in [-0.4, -0.2) is 60.1 Å². The Bertz CT molecular complexity index is 831. The molecule has 1 unspecified atom stereocenters. The molecule has 0 bridgehead atoms. The smallest absolute Gasteiger partial charge is 0.254 e. The molecular weight excluding hydrogens is 362 g/mol. The molecule has 5 heteroatoms. The van der Waals surface area contributed by atoms with Gasteiger partial charge in [-0.25, -0.2) is 0 Å². The molecule has 0 aliphatic carbocycles. The molecule has 1 amide bonds. The predicted octanol–water partition coefficient (Wildman–Crippen LogP) is 3.21. The number of rotatable bonds is 4. The van der Waals surface area contributed by atoms with E-state index in [1.807, 2.05) is 47.4 Å². The maximum atomic E-state index is 13.0. The highest BCUT2D eigenvalue weighted by molar-refractivity contribution is 5.94. The van der Waals surface area contributed by atoms with Gasteiger partial charge in [-0.15, -0.1) is 0 Å². The Balaban J connectivity index is 1.34. The summed E-state index contributed by atoms with van der Waals surface area (Å²) in [6.07, 6.45) is 3.00. The Morgan fingerprint density at radius 1 is 1.14 bits per heavy atom. The van der Waals surface area contributed by atoms with Crippen molar-refractivity contribution in [2.24, 2.45) is 0 Å². The van der Waals surface area contributed by atoms with Crippen molar-refractivity contribution in [2.75, 3.05) is 38.5 Å². The number of morpholine rings is 1. The lowest BCUT2D eigenvalue weighted by Gasteiger charge is -2.49. The number of carbonyl (C=O) groups excluding carboxylic acids is 1. The maximum absolute atomic E-state index is 13.0. The lowest BCUT2D eigenvalue weighted by atomic mass is 9.88. The van der Waals surface area contributed by atoms with Crippen LogP contribution in [0.2, 0.25) is 0 Å². The Kier molecular flexibility index (Phi) is 5.88. The molecule has 29 heavy (non-hydrogen) atoms. The van der Waals surface area contributed by atoms with Gasteiger partial charge in [-0.1, -0.05) is 30.3 Å². The monoisotopic (exact) mass is 393 g/mol. The van der Waals surface area contributed by atoms with Gasteiger partial charge in [-0.05, 0) is 56.0 Å². The van der Waals surface area contributed by atoms with E-state index in [0.717, 1.165) is 50.1 Å². The second-order valence-corrected chi connectivity index (χ2v) is 8.50. The second-order valence-electron chi connectivity index (χ2n) is 8.50. The van der Waals surface area contributed by atoms with Crippen molar-refractivity contribution in [1.82, 2.24) is 9.80 Å². The Labute approximate surface area is 173 Å². The van der Waals surface area contributed by atoms with Gasteiger partial charge in [0.1, 0.15) is 0 Å². The highest BCUT2D eigenvalue weighted by Crippen LogP contribution is 2.33. The van der Waals surface area contributed by atoms with Crippen molar-refractivity contribution in [3.63, 3.8) is 0 Å². The molecule has 4 rings (SSSR count). The molecule has 1 spiro atoms. The van der Waals surface area contributed by atoms with Gasteiger partial charge in [0, 0.05) is 37.4 Å². The highest BCUT2D eigenvalue weighted by atomic mass is 16.5. The third-order valence-corrected chi connectivity index (χ3v) is 6.15. The molecular formula is C24H31N3O2. The van der Waals surface area contributed by atoms with Crippen LogP contribution in [0.3, 0.4) is 0 Å². The first-order chi connectivity index (χ1) is 14.0. The zero-order valence-corrected chi connectivity index (χ0v) is 17.2. The van der Waals surface area contributed by atoms with E-state index in [2.05, 4.69) is 24.0 Å². The summed E-state index contributed by atoms with van der Waals surface area (Å²) in [7, 11) is 0. The quantitative estimate of drug-likeness (QED) is 0.811. The number of anilines is 1. The first kappa shape index (κ1) is 19.9. The number of benzene rings is 2. The summed E-state index contributed by atoms with van der Waals surface area (Å²) in [6.45, 7) is 6.47. The van der Waals surface area contributed by atoms with E-state index in [0.29, 0.717) is 13.1 Å². The van der Waals surface area contributed by atoms with Gasteiger partial charge in [-0.2, -0.15) is 0 Å². The molecule has 2 fully saturated rings. The van der Waals surface area contributed by atoms with Crippen molar-refractivity contribution < 1.29 is 9.53 Å². The lowest BCUT2D eigenvalue weighted by Crippen LogP contribution is -2.60. The van der Waals surface area contributed by atoms with Crippen molar-refractivity contribution in [3.05, 3.63) is 65.7 Å². The number of carbonyl (C=O) groups is 1. The predicted molar refractivity (Wildman–Crippen MR) is 116 cm³/mol. The van der Waals surface area contributed by atoms with E-state index in [4.69, 9.17) is 10.5 Å². The zero-order chi connectivity index (χ0) is 20.3. The second kappa shape index (κ2) is 8.56. The molecule has 2 heterocycles. The molecule has 154 valence electrons. The Morgan fingerprint density at radius 2 is 1.90 bits per heavy atom. The van der Waals surface area contributed by atoms with Crippen LogP contribution in [0.1, 0.15) is 35.7 Å². The minimum absolute atomic E-state index is 0.0651. The van der Waals surface area contributed by atoms with Gasteiger partial charge in [-0.3, -0.25) is 4.79 Å². The van der Waals surface area contributed by atoms with Crippen LogP contribution in [0, 0.1) is 0 Å². The van der Waals surface area contributed by atoms with E-state index in [1.165, 1.54) is 5.56 Å². The van der Waals surface area contributed by atoms with Crippen LogP contribution < -0.4 is 5.73 Å². The minimum Gasteiger partial charge on any atom is -0.399 e. The van der Waals surface area contributed by atoms with Crippen LogP contribution >= 0.6 is 0 Å². The SMILES string of the molecule is CC1CN(C(=O)c2ccccc2)CC2(CCN(CCc3cccc(N)c3)CC2)O1. The van der Waals surface area contributed by atoms with Gasteiger partial charge in [0.25, 0.3) is 5.91 Å². The van der Waals surface area contributed by atoms with Crippen LogP contribution in [0.4, 0.5) is 5.69 Å². The average molecular weight is 394 g/mol. The molecule has 0 saturated carbocycles. The van der Waals surface area contributed by atoms with Crippen molar-refractivity contribution in [2.45, 2.75) is 37.9 Å². The largest absolute Gasteiger partial charge is 0.399 e. The molecule has 0 aromatic heterocycles. The van der Waals surface area contributed by atoms with E-state index in [9.17, 15) is 4.79 Å². The summed E-state index contributed by atoms with van der Waals surface area (Å²) in [5.74, 6) is 0.115. The van der Waals surface area contributed by atoms with Crippen LogP contribution in [0.25, 0.3) is 0 Å². The van der Waals surface area contributed by atoms with E-state index in [1.54, 1.807) is 0 Å². The van der Waals surface area contributed by atoms with Gasteiger partial charge in [0.05, 0.1) is 18.2 Å². The molecule has 2 saturated heterocycles. The number of amides is 1. The molecule has 5 nitrogen and oxygen atoms in total. The molecule has 2 aliphatic heterocycles. The normalized spacial score (nSPS) is 22.0. The molecule has 2 aromatic carbocycles. The van der Waals surface area contributed by atoms with Gasteiger partial charge in [0.15, 0.2) is 0 Å². The minimum atomic E-state index is -0.213. The van der Waals surface area contributed by atoms with E-state index >= 15 is 0 Å². The first-order valence-electron chi connectivity index (χ1n) is 10.6. The number of likely N-dealkylation sites (tertiary alicyclic amines) is 1. The van der Waals surface area contributed by atoms with Crippen LogP contribution in [0.5, 0.6) is 0 Å². The summed E-state index contributed by atoms with van der Waals surface area (Å²) < 4.78 is 6.42. The molecule has 2 aromatic rings. The number of ether oxygens (including phenoxy) is 1. The fourth-order valence-electron chi connectivity index (χ4n) is 4.64. The van der Waals surface area contributed by atoms with Gasteiger partial charge in [0.2, 0.25) is 0 Å². The van der Waals surface area contributed by atoms with E-state index in [-0.39, 0.29) is 17.6 Å². The molecule has 0 radical (unpaired) electrons. The van der Waals surface area contributed by atoms with Crippen LogP contribution in [-0.2, 0) is 11.2 Å². The topological polar surface area (TPSA) is 58.8 Å². The van der Waals surface area contributed by atoms with Gasteiger partial charge >= 0.3 is 0 Å². The molecule has 1 atom stereocenters. The lowest BCUT2D eigenvalue weighted by molar-refractivity contribution is -0.161. The van der Waals surface area contributed by atoms with Gasteiger partial charge < -0.3 is 20.3 Å². The number of nitrogens with two attached hydrogens (primary N) is 1. The van der Waals surface area contributed by atoms with Crippen molar-refractivity contribution >= 4 is 11.6 Å². The third-order valence-electron chi connectivity index (χ3n) is 6.15. The standard InChI is InChI=1S/C24H31N3O2/c1-19-17-27(23(28)21-7-3-2-4-8-21)18-24(29-19)11-14-26(15-12-24)13-10-20-6-5-9-22(25)16-20/h2-9,16,19H,10-15,17-18,25H2,1H3. The average Bonchev–Trinajstić information content (AvgIpc) is 2.73. The number of hydrogen-bond acceptors (Lipinski definition) is 4. The Morgan fingerprint density at radius 3 is 2.62 bits per heavy atom.